The smallest absolute Gasteiger partial charge is 0.347 e. The molecule has 1 N–H and O–H groups in total. The zero-order valence-electron chi connectivity index (χ0n) is 13.6. The van der Waals surface area contributed by atoms with Crippen LogP contribution in [0.5, 0.6) is 17.4 Å². The van der Waals surface area contributed by atoms with E-state index in [4.69, 9.17) is 14.6 Å². The first-order chi connectivity index (χ1) is 11.8. The number of aromatic nitrogens is 2. The summed E-state index contributed by atoms with van der Waals surface area (Å²) >= 11 is 3.39. The first-order valence-electron chi connectivity index (χ1n) is 7.46. The third-order valence-corrected chi connectivity index (χ3v) is 3.91. The maximum Gasteiger partial charge on any atom is 0.347 e. The molecule has 1 aromatic heterocycles. The van der Waals surface area contributed by atoms with Gasteiger partial charge in [-0.3, -0.25) is 0 Å². The molecule has 0 fully saturated rings. The summed E-state index contributed by atoms with van der Waals surface area (Å²) in [6.07, 6.45) is 1.55. The van der Waals surface area contributed by atoms with E-state index in [0.29, 0.717) is 17.4 Å². The molecule has 3 aromatic rings. The molecular weight excluding hydrogens is 388 g/mol. The van der Waals surface area contributed by atoms with E-state index in [-0.39, 0.29) is 0 Å². The Bertz CT molecular complexity index is 926. The quantitative estimate of drug-likeness (QED) is 0.679. The minimum atomic E-state index is -1.31. The Hall–Kier alpha value is -2.67. The van der Waals surface area contributed by atoms with Gasteiger partial charge in [-0.1, -0.05) is 15.9 Å². The monoisotopic (exact) mass is 402 g/mol. The standard InChI is InChI=1S/C18H15BrN2O4/c1-18(2,17(22)23)25-13-6-4-12(5-7-13)24-16-10-20-15-9-11(19)3-8-14(15)21-16/h3-10H,1-2H3,(H,22,23). The van der Waals surface area contributed by atoms with Crippen molar-refractivity contribution in [1.29, 1.82) is 0 Å². The van der Waals surface area contributed by atoms with Crippen LogP contribution in [0.25, 0.3) is 11.0 Å². The van der Waals surface area contributed by atoms with Crippen LogP contribution in [0.1, 0.15) is 13.8 Å². The van der Waals surface area contributed by atoms with Crippen molar-refractivity contribution in [2.45, 2.75) is 19.4 Å². The molecule has 0 aliphatic rings. The van der Waals surface area contributed by atoms with Crippen LogP contribution in [-0.2, 0) is 4.79 Å². The number of hydrogen-bond acceptors (Lipinski definition) is 5. The normalized spacial score (nSPS) is 11.3. The Labute approximate surface area is 152 Å². The lowest BCUT2D eigenvalue weighted by Gasteiger charge is -2.21. The van der Waals surface area contributed by atoms with Gasteiger partial charge in [0.1, 0.15) is 11.5 Å². The van der Waals surface area contributed by atoms with Gasteiger partial charge < -0.3 is 14.6 Å². The molecule has 0 radical (unpaired) electrons. The van der Waals surface area contributed by atoms with Crippen LogP contribution >= 0.6 is 15.9 Å². The molecule has 7 heteroatoms. The number of ether oxygens (including phenoxy) is 2. The van der Waals surface area contributed by atoms with Crippen LogP contribution < -0.4 is 9.47 Å². The predicted octanol–water partition coefficient (Wildman–Crippen LogP) is 4.43. The molecule has 3 rings (SSSR count). The Morgan fingerprint density at radius 2 is 1.76 bits per heavy atom. The molecule has 0 atom stereocenters. The molecular formula is C18H15BrN2O4. The maximum absolute atomic E-state index is 11.1. The molecule has 0 saturated heterocycles. The van der Waals surface area contributed by atoms with Crippen LogP contribution in [0, 0.1) is 0 Å². The molecule has 128 valence electrons. The molecule has 0 aliphatic heterocycles. The van der Waals surface area contributed by atoms with Crippen molar-refractivity contribution in [3.8, 4) is 17.4 Å². The van der Waals surface area contributed by atoms with Crippen molar-refractivity contribution in [2.75, 3.05) is 0 Å². The summed E-state index contributed by atoms with van der Waals surface area (Å²) in [4.78, 5) is 19.8. The second kappa shape index (κ2) is 6.68. The molecule has 1 heterocycles. The van der Waals surface area contributed by atoms with Crippen molar-refractivity contribution in [3.63, 3.8) is 0 Å². The topological polar surface area (TPSA) is 81.5 Å². The summed E-state index contributed by atoms with van der Waals surface area (Å²) in [5, 5.41) is 9.09. The van der Waals surface area contributed by atoms with E-state index in [9.17, 15) is 4.79 Å². The predicted molar refractivity (Wildman–Crippen MR) is 96.1 cm³/mol. The summed E-state index contributed by atoms with van der Waals surface area (Å²) in [6.45, 7) is 2.98. The average molecular weight is 403 g/mol. The number of carboxylic acid groups (broad SMARTS) is 1. The molecule has 0 spiro atoms. The van der Waals surface area contributed by atoms with Crippen molar-refractivity contribution in [1.82, 2.24) is 9.97 Å². The number of benzene rings is 2. The number of nitrogens with zero attached hydrogens (tertiary/aromatic N) is 2. The van der Waals surface area contributed by atoms with Crippen LogP contribution in [0.4, 0.5) is 0 Å². The highest BCUT2D eigenvalue weighted by atomic mass is 79.9. The number of carbonyl (C=O) groups is 1. The highest BCUT2D eigenvalue weighted by Gasteiger charge is 2.29. The summed E-state index contributed by atoms with van der Waals surface area (Å²) in [6, 6.07) is 12.3. The lowest BCUT2D eigenvalue weighted by Crippen LogP contribution is -2.37. The SMILES string of the molecule is CC(C)(Oc1ccc(Oc2cnc3cc(Br)ccc3n2)cc1)C(=O)O. The van der Waals surface area contributed by atoms with Crippen molar-refractivity contribution < 1.29 is 19.4 Å². The molecule has 0 amide bonds. The minimum absolute atomic E-state index is 0.370. The fraction of sp³-hybridized carbons (Fsp3) is 0.167. The van der Waals surface area contributed by atoms with Crippen molar-refractivity contribution in [2.24, 2.45) is 0 Å². The van der Waals surface area contributed by atoms with Crippen LogP contribution in [0.15, 0.2) is 53.1 Å². The van der Waals surface area contributed by atoms with Crippen molar-refractivity contribution >= 4 is 32.9 Å². The lowest BCUT2D eigenvalue weighted by molar-refractivity contribution is -0.152. The van der Waals surface area contributed by atoms with Gasteiger partial charge in [0.25, 0.3) is 0 Å². The molecule has 25 heavy (non-hydrogen) atoms. The zero-order chi connectivity index (χ0) is 18.0. The Morgan fingerprint density at radius 3 is 2.44 bits per heavy atom. The molecule has 2 aromatic carbocycles. The van der Waals surface area contributed by atoms with Gasteiger partial charge in [-0.25, -0.2) is 14.8 Å². The van der Waals surface area contributed by atoms with Crippen LogP contribution in [0.3, 0.4) is 0 Å². The largest absolute Gasteiger partial charge is 0.478 e. The van der Waals surface area contributed by atoms with E-state index in [1.54, 1.807) is 30.5 Å². The summed E-state index contributed by atoms with van der Waals surface area (Å²) < 4.78 is 12.1. The molecule has 6 nitrogen and oxygen atoms in total. The maximum atomic E-state index is 11.1. The Balaban J connectivity index is 1.75. The van der Waals surface area contributed by atoms with Gasteiger partial charge in [0.05, 0.1) is 17.2 Å². The number of hydrogen-bond donors (Lipinski definition) is 1. The highest BCUT2D eigenvalue weighted by molar-refractivity contribution is 9.10. The number of halogens is 1. The second-order valence-corrected chi connectivity index (χ2v) is 6.75. The van der Waals surface area contributed by atoms with Gasteiger partial charge >= 0.3 is 5.97 Å². The molecule has 0 bridgehead atoms. The number of carboxylic acids is 1. The van der Waals surface area contributed by atoms with E-state index in [2.05, 4.69) is 25.9 Å². The van der Waals surface area contributed by atoms with E-state index >= 15 is 0 Å². The Kier molecular flexibility index (Phi) is 4.59. The number of rotatable bonds is 5. The van der Waals surface area contributed by atoms with Gasteiger partial charge in [0.2, 0.25) is 5.88 Å². The lowest BCUT2D eigenvalue weighted by atomic mass is 10.1. The molecule has 0 saturated carbocycles. The summed E-state index contributed by atoms with van der Waals surface area (Å²) in [5.41, 5.74) is 0.186. The van der Waals surface area contributed by atoms with E-state index in [0.717, 1.165) is 15.5 Å². The molecule has 0 aliphatic carbocycles. The summed E-state index contributed by atoms with van der Waals surface area (Å²) in [7, 11) is 0. The fourth-order valence-electron chi connectivity index (χ4n) is 2.05. The van der Waals surface area contributed by atoms with Crippen LogP contribution in [-0.4, -0.2) is 26.6 Å². The first-order valence-corrected chi connectivity index (χ1v) is 8.25. The first kappa shape index (κ1) is 17.2. The van der Waals surface area contributed by atoms with Crippen LogP contribution in [0.2, 0.25) is 0 Å². The number of fused-ring (bicyclic) bond motifs is 1. The second-order valence-electron chi connectivity index (χ2n) is 5.83. The third kappa shape index (κ3) is 4.06. The van der Waals surface area contributed by atoms with E-state index in [1.807, 2.05) is 18.2 Å². The van der Waals surface area contributed by atoms with E-state index < -0.39 is 11.6 Å². The van der Waals surface area contributed by atoms with Gasteiger partial charge in [0.15, 0.2) is 5.60 Å². The zero-order valence-corrected chi connectivity index (χ0v) is 15.1. The van der Waals surface area contributed by atoms with E-state index in [1.165, 1.54) is 13.8 Å². The van der Waals surface area contributed by atoms with Crippen molar-refractivity contribution in [3.05, 3.63) is 53.1 Å². The minimum Gasteiger partial charge on any atom is -0.478 e. The Morgan fingerprint density at radius 1 is 1.08 bits per heavy atom. The average Bonchev–Trinajstić information content (AvgIpc) is 2.56. The summed E-state index contributed by atoms with van der Waals surface area (Å²) in [5.74, 6) is 0.320. The fourth-order valence-corrected chi connectivity index (χ4v) is 2.40. The van der Waals surface area contributed by atoms with Gasteiger partial charge in [0, 0.05) is 4.47 Å². The van der Waals surface area contributed by atoms with Gasteiger partial charge in [-0.15, -0.1) is 0 Å². The van der Waals surface area contributed by atoms with Gasteiger partial charge in [-0.2, -0.15) is 0 Å². The number of aliphatic carboxylic acids is 1. The third-order valence-electron chi connectivity index (χ3n) is 3.42. The molecule has 0 unspecified atom stereocenters. The van der Waals surface area contributed by atoms with Gasteiger partial charge in [-0.05, 0) is 56.3 Å². The highest BCUT2D eigenvalue weighted by Crippen LogP contribution is 2.26.